The standard InChI is InChI=1S/C44H66N12O12S/c1-6-24(4)37(42(66)48-20-32(46)60)51-33(61)21-49-41(65)27(45)18-26-36-31(68-8-3)19-30(59)39(55-14-12-54(13-15-55)11-10-53(5)35(63)7-2)38(36)52-43(26)69-23-34(62)50-28(9-16-57)44(67)56-22-25(58)17-29(56)40(47)64/h7,16,19,24-25,27-29,37,52,58-59H,2,6,8-15,17-18,20-23,45H2,1,3-5H3,(H2,46,60)(H2,47,64)(H,48,66)(H,49,65)(H,50,62)(H,51,61)/t24-,25+,27+,28-,29-,37-/m0/s1. The zero-order chi connectivity index (χ0) is 51.1. The summed E-state index contributed by atoms with van der Waals surface area (Å²) < 4.78 is 6.03. The highest BCUT2D eigenvalue weighted by molar-refractivity contribution is 8.00. The smallest absolute Gasteiger partial charge is 0.246 e. The summed E-state index contributed by atoms with van der Waals surface area (Å²) >= 11 is 0.968. The van der Waals surface area contributed by atoms with Crippen molar-refractivity contribution < 1.29 is 58.1 Å². The van der Waals surface area contributed by atoms with Gasteiger partial charge in [0.25, 0.3) is 0 Å². The first-order valence-corrected chi connectivity index (χ1v) is 23.6. The van der Waals surface area contributed by atoms with Gasteiger partial charge in [-0.1, -0.05) is 38.6 Å². The molecule has 1 aromatic heterocycles. The maximum absolute atomic E-state index is 13.6. The Bertz CT molecular complexity index is 2230. The van der Waals surface area contributed by atoms with E-state index >= 15 is 0 Å². The van der Waals surface area contributed by atoms with Crippen molar-refractivity contribution in [2.45, 2.75) is 81.8 Å². The number of thioether (sulfide) groups is 1. The number of aldehydes is 1. The van der Waals surface area contributed by atoms with Gasteiger partial charge in [-0.2, -0.15) is 0 Å². The second-order valence-electron chi connectivity index (χ2n) is 16.9. The van der Waals surface area contributed by atoms with Crippen molar-refractivity contribution in [1.82, 2.24) is 41.0 Å². The SMILES string of the molecule is C=CC(=O)N(C)CCN1CCN(c2c(O)cc(OCC)c3c(C[C@@H](N)C(=O)NCC(=O)N[C@H](C(=O)NCC(N)=O)[C@@H](C)CC)c(SCC(=O)N[C@@H](CC=O)C(=O)N4C[C@H](O)C[C@H]4C(N)=O)[nH]c23)CC1. The number of nitrogens with zero attached hydrogens (tertiary/aromatic N) is 4. The van der Waals surface area contributed by atoms with Gasteiger partial charge in [0.05, 0.1) is 48.1 Å². The summed E-state index contributed by atoms with van der Waals surface area (Å²) in [7, 11) is 1.69. The van der Waals surface area contributed by atoms with Crippen LogP contribution in [-0.2, 0) is 49.6 Å². The molecular formula is C44H66N12O12S. The van der Waals surface area contributed by atoms with Crippen LogP contribution in [0.4, 0.5) is 5.69 Å². The van der Waals surface area contributed by atoms with Gasteiger partial charge in [0, 0.05) is 77.2 Å². The predicted molar refractivity (Wildman–Crippen MR) is 255 cm³/mol. The minimum absolute atomic E-state index is 0.0981. The molecule has 0 saturated carbocycles. The van der Waals surface area contributed by atoms with Crippen molar-refractivity contribution in [2.75, 3.05) is 83.2 Å². The van der Waals surface area contributed by atoms with Gasteiger partial charge < -0.3 is 77.9 Å². The number of phenolic OH excluding ortho intramolecular Hbond substituents is 1. The molecule has 380 valence electrons. The van der Waals surface area contributed by atoms with E-state index in [1.54, 1.807) is 25.8 Å². The van der Waals surface area contributed by atoms with Crippen LogP contribution in [0.2, 0.25) is 0 Å². The lowest BCUT2D eigenvalue weighted by molar-refractivity contribution is -0.141. The van der Waals surface area contributed by atoms with E-state index in [1.807, 2.05) is 11.8 Å². The Labute approximate surface area is 403 Å². The number of rotatable bonds is 26. The largest absolute Gasteiger partial charge is 0.506 e. The molecule has 1 aromatic carbocycles. The summed E-state index contributed by atoms with van der Waals surface area (Å²) in [5, 5.41) is 32.6. The first-order valence-electron chi connectivity index (χ1n) is 22.6. The Morgan fingerprint density at radius 3 is 2.32 bits per heavy atom. The van der Waals surface area contributed by atoms with Gasteiger partial charge in [0.15, 0.2) is 0 Å². The molecule has 69 heavy (non-hydrogen) atoms. The molecule has 0 bridgehead atoms. The van der Waals surface area contributed by atoms with E-state index in [9.17, 15) is 53.4 Å². The molecule has 0 spiro atoms. The summed E-state index contributed by atoms with van der Waals surface area (Å²) in [5.41, 5.74) is 18.4. The normalized spacial score (nSPS) is 17.8. The van der Waals surface area contributed by atoms with Crippen LogP contribution in [0.5, 0.6) is 11.5 Å². The van der Waals surface area contributed by atoms with Gasteiger partial charge in [-0.05, 0) is 30.9 Å². The number of primary amides is 2. The first kappa shape index (κ1) is 55.2. The number of benzene rings is 1. The molecule has 2 aliphatic rings. The number of β-amino-alcohol motifs (C(OH)–C–C–N with tert-alkyl or cyclic N) is 1. The zero-order valence-electron chi connectivity index (χ0n) is 39.4. The number of aromatic amines is 1. The Morgan fingerprint density at radius 1 is 1.03 bits per heavy atom. The number of nitrogens with two attached hydrogens (primary N) is 3. The number of amides is 8. The number of ether oxygens (including phenoxy) is 1. The Balaban J connectivity index is 1.64. The molecule has 25 heteroatoms. The molecule has 13 N–H and O–H groups in total. The number of anilines is 1. The molecule has 2 fully saturated rings. The van der Waals surface area contributed by atoms with Crippen LogP contribution in [0.3, 0.4) is 0 Å². The third kappa shape index (κ3) is 14.8. The molecule has 4 rings (SSSR count). The molecule has 8 amide bonds. The fourth-order valence-corrected chi connectivity index (χ4v) is 8.95. The predicted octanol–water partition coefficient (Wildman–Crippen LogP) is -3.23. The molecule has 0 unspecified atom stereocenters. The first-order chi connectivity index (χ1) is 32.7. The van der Waals surface area contributed by atoms with Crippen LogP contribution >= 0.6 is 11.8 Å². The fourth-order valence-electron chi connectivity index (χ4n) is 8.06. The Hall–Kier alpha value is -6.44. The number of piperazine rings is 1. The topological polar surface area (TPSA) is 358 Å². The Kier molecular flexibility index (Phi) is 20.6. The van der Waals surface area contributed by atoms with Gasteiger partial charge in [0.1, 0.15) is 41.6 Å². The number of aromatic hydroxyl groups is 1. The summed E-state index contributed by atoms with van der Waals surface area (Å²) in [5.74, 6) is -5.99. The number of aliphatic hydroxyl groups is 1. The van der Waals surface area contributed by atoms with E-state index < -0.39 is 91.1 Å². The van der Waals surface area contributed by atoms with Gasteiger partial charge in [-0.25, -0.2) is 0 Å². The van der Waals surface area contributed by atoms with Crippen molar-refractivity contribution in [1.29, 1.82) is 0 Å². The number of hydrogen-bond donors (Lipinski definition) is 10. The molecule has 6 atom stereocenters. The molecule has 0 radical (unpaired) electrons. The van der Waals surface area contributed by atoms with E-state index in [1.165, 1.54) is 12.1 Å². The maximum Gasteiger partial charge on any atom is 0.246 e. The minimum Gasteiger partial charge on any atom is -0.506 e. The highest BCUT2D eigenvalue weighted by atomic mass is 32.2. The third-order valence-electron chi connectivity index (χ3n) is 12.0. The Morgan fingerprint density at radius 2 is 1.71 bits per heavy atom. The molecule has 24 nitrogen and oxygen atoms in total. The number of hydrogen-bond acceptors (Lipinski definition) is 16. The van der Waals surface area contributed by atoms with E-state index in [2.05, 4.69) is 37.7 Å². The quantitative estimate of drug-likeness (QED) is 0.0252. The lowest BCUT2D eigenvalue weighted by atomic mass is 9.98. The number of carbonyl (C=O) groups excluding carboxylic acids is 9. The van der Waals surface area contributed by atoms with Crippen LogP contribution in [0.1, 0.15) is 45.6 Å². The average Bonchev–Trinajstić information content (AvgIpc) is 3.89. The number of phenols is 1. The second kappa shape index (κ2) is 25.8. The number of carbonyl (C=O) groups is 9. The van der Waals surface area contributed by atoms with E-state index in [-0.39, 0.29) is 55.1 Å². The maximum atomic E-state index is 13.6. The lowest BCUT2D eigenvalue weighted by Crippen LogP contribution is -2.54. The second-order valence-corrected chi connectivity index (χ2v) is 17.9. The van der Waals surface area contributed by atoms with Crippen molar-refractivity contribution in [3.8, 4) is 11.5 Å². The molecule has 2 aromatic rings. The third-order valence-corrected chi connectivity index (χ3v) is 13.0. The monoisotopic (exact) mass is 986 g/mol. The molecular weight excluding hydrogens is 921 g/mol. The molecule has 2 saturated heterocycles. The molecule has 0 aliphatic carbocycles. The number of H-pyrrole nitrogens is 1. The van der Waals surface area contributed by atoms with Crippen LogP contribution in [-0.4, -0.2) is 192 Å². The van der Waals surface area contributed by atoms with E-state index in [0.717, 1.165) is 16.7 Å². The zero-order valence-corrected chi connectivity index (χ0v) is 40.2. The van der Waals surface area contributed by atoms with Crippen molar-refractivity contribution in [2.24, 2.45) is 23.1 Å². The number of likely N-dealkylation sites (tertiary alicyclic amines) is 1. The summed E-state index contributed by atoms with van der Waals surface area (Å²) in [6.45, 7) is 10.9. The highest BCUT2D eigenvalue weighted by Gasteiger charge is 2.41. The summed E-state index contributed by atoms with van der Waals surface area (Å²) in [6.07, 6.45) is 0.410. The number of aromatic nitrogens is 1. The number of likely N-dealkylation sites (N-methyl/N-ethyl adjacent to an activating group) is 1. The van der Waals surface area contributed by atoms with E-state index in [4.69, 9.17) is 21.9 Å². The average molecular weight is 987 g/mol. The number of aliphatic hydroxyl groups excluding tert-OH is 1. The van der Waals surface area contributed by atoms with Crippen molar-refractivity contribution >= 4 is 81.9 Å². The van der Waals surface area contributed by atoms with Crippen molar-refractivity contribution in [3.63, 3.8) is 0 Å². The van der Waals surface area contributed by atoms with Crippen LogP contribution in [0, 0.1) is 5.92 Å². The number of nitrogens with one attached hydrogen (secondary N) is 5. The summed E-state index contributed by atoms with van der Waals surface area (Å²) in [4.78, 5) is 124. The van der Waals surface area contributed by atoms with Gasteiger partial charge in [-0.15, -0.1) is 0 Å². The molecule has 2 aliphatic heterocycles. The fraction of sp³-hybridized carbons (Fsp3) is 0.568. The van der Waals surface area contributed by atoms with Gasteiger partial charge in [-0.3, -0.25) is 43.3 Å². The lowest BCUT2D eigenvalue weighted by Gasteiger charge is -2.37. The minimum atomic E-state index is -1.39. The van der Waals surface area contributed by atoms with E-state index in [0.29, 0.717) is 79.2 Å². The highest BCUT2D eigenvalue weighted by Crippen LogP contribution is 2.46. The van der Waals surface area contributed by atoms with Crippen LogP contribution in [0.25, 0.3) is 10.9 Å². The van der Waals surface area contributed by atoms with Gasteiger partial charge >= 0.3 is 0 Å². The summed E-state index contributed by atoms with van der Waals surface area (Å²) in [6, 6.07) is -3.43. The molecule has 3 heterocycles. The van der Waals surface area contributed by atoms with Crippen LogP contribution < -0.4 is 48.1 Å². The van der Waals surface area contributed by atoms with Crippen LogP contribution in [0.15, 0.2) is 23.7 Å². The van der Waals surface area contributed by atoms with Crippen molar-refractivity contribution in [3.05, 3.63) is 24.3 Å². The van der Waals surface area contributed by atoms with Gasteiger partial charge in [0.2, 0.25) is 47.3 Å². The number of fused-ring (bicyclic) bond motifs is 1.